The van der Waals surface area contributed by atoms with Gasteiger partial charge in [0, 0.05) is 18.5 Å². The summed E-state index contributed by atoms with van der Waals surface area (Å²) in [6.07, 6.45) is -1.96. The summed E-state index contributed by atoms with van der Waals surface area (Å²) in [6.45, 7) is 1.69. The Labute approximate surface area is 111 Å². The Morgan fingerprint density at radius 2 is 2.25 bits per heavy atom. The van der Waals surface area contributed by atoms with Crippen LogP contribution < -0.4 is 5.32 Å². The third kappa shape index (κ3) is 2.98. The first-order valence-electron chi connectivity index (χ1n) is 5.73. The molecule has 0 saturated heterocycles. The number of carbonyl (C=O) groups is 1. The van der Waals surface area contributed by atoms with Crippen LogP contribution in [0.1, 0.15) is 12.6 Å². The summed E-state index contributed by atoms with van der Waals surface area (Å²) in [7, 11) is 0. The second-order valence-electron chi connectivity index (χ2n) is 3.79. The lowest BCUT2D eigenvalue weighted by molar-refractivity contribution is -0.142. The average molecular weight is 288 g/mol. The van der Waals surface area contributed by atoms with Gasteiger partial charge < -0.3 is 10.1 Å². The Morgan fingerprint density at radius 1 is 1.50 bits per heavy atom. The van der Waals surface area contributed by atoms with Crippen molar-refractivity contribution >= 4 is 17.3 Å². The number of rotatable bonds is 4. The van der Waals surface area contributed by atoms with Crippen LogP contribution in [0.3, 0.4) is 0 Å². The Balaban J connectivity index is 2.25. The van der Waals surface area contributed by atoms with E-state index < -0.39 is 17.8 Å². The fourth-order valence-corrected chi connectivity index (χ4v) is 1.56. The highest BCUT2D eigenvalue weighted by Crippen LogP contribution is 2.29. The summed E-state index contributed by atoms with van der Waals surface area (Å²) < 4.78 is 43.5. The number of nitrogens with one attached hydrogen (secondary N) is 1. The van der Waals surface area contributed by atoms with Crippen molar-refractivity contribution in [2.24, 2.45) is 0 Å². The maximum absolute atomic E-state index is 12.6. The van der Waals surface area contributed by atoms with E-state index in [0.717, 1.165) is 10.6 Å². The molecule has 20 heavy (non-hydrogen) atoms. The lowest BCUT2D eigenvalue weighted by Crippen LogP contribution is -2.17. The van der Waals surface area contributed by atoms with E-state index in [2.05, 4.69) is 15.4 Å². The van der Waals surface area contributed by atoms with Crippen molar-refractivity contribution in [3.63, 3.8) is 0 Å². The maximum Gasteiger partial charge on any atom is 0.435 e. The lowest BCUT2D eigenvalue weighted by Gasteiger charge is -2.05. The molecular weight excluding hydrogens is 277 g/mol. The van der Waals surface area contributed by atoms with E-state index in [0.29, 0.717) is 0 Å². The van der Waals surface area contributed by atoms with Gasteiger partial charge in [0.1, 0.15) is 12.1 Å². The van der Waals surface area contributed by atoms with Crippen molar-refractivity contribution in [2.45, 2.75) is 13.1 Å². The first kappa shape index (κ1) is 14.1. The molecular formula is C11H11F3N4O2. The minimum atomic E-state index is -4.54. The average Bonchev–Trinajstić information content (AvgIpc) is 2.81. The highest BCUT2D eigenvalue weighted by Gasteiger charge is 2.34. The van der Waals surface area contributed by atoms with E-state index >= 15 is 0 Å². The monoisotopic (exact) mass is 288 g/mol. The molecule has 0 radical (unpaired) electrons. The third-order valence-corrected chi connectivity index (χ3v) is 2.39. The molecule has 108 valence electrons. The maximum atomic E-state index is 12.6. The largest absolute Gasteiger partial charge is 0.465 e. The first-order chi connectivity index (χ1) is 9.41. The number of esters is 1. The molecule has 6 nitrogen and oxygen atoms in total. The summed E-state index contributed by atoms with van der Waals surface area (Å²) in [6, 6.07) is 0.862. The summed E-state index contributed by atoms with van der Waals surface area (Å²) in [5.41, 5.74) is -0.895. The molecule has 0 aliphatic rings. The van der Waals surface area contributed by atoms with Gasteiger partial charge in [0.15, 0.2) is 11.5 Å². The van der Waals surface area contributed by atoms with Gasteiger partial charge in [-0.15, -0.1) is 0 Å². The second kappa shape index (κ2) is 5.35. The molecule has 2 heterocycles. The van der Waals surface area contributed by atoms with Crippen LogP contribution in [0.15, 0.2) is 18.5 Å². The second-order valence-corrected chi connectivity index (χ2v) is 3.79. The van der Waals surface area contributed by atoms with Crippen LogP contribution >= 0.6 is 0 Å². The molecule has 2 aromatic heterocycles. The minimum absolute atomic E-state index is 0.128. The van der Waals surface area contributed by atoms with E-state index in [9.17, 15) is 18.0 Å². The number of halogens is 3. The number of carbonyl (C=O) groups excluding carboxylic acids is 1. The van der Waals surface area contributed by atoms with Gasteiger partial charge in [-0.1, -0.05) is 0 Å². The zero-order valence-electron chi connectivity index (χ0n) is 10.4. The fraction of sp³-hybridized carbons (Fsp3) is 0.364. The van der Waals surface area contributed by atoms with Crippen LogP contribution in [0.4, 0.5) is 19.0 Å². The number of ether oxygens (including phenoxy) is 1. The van der Waals surface area contributed by atoms with Crippen molar-refractivity contribution in [2.75, 3.05) is 18.5 Å². The molecule has 0 unspecified atom stereocenters. The molecule has 0 amide bonds. The van der Waals surface area contributed by atoms with Gasteiger partial charge in [0.05, 0.1) is 6.61 Å². The molecule has 9 heteroatoms. The van der Waals surface area contributed by atoms with Gasteiger partial charge in [0.2, 0.25) is 0 Å². The number of hydrogen-bond donors (Lipinski definition) is 1. The number of fused-ring (bicyclic) bond motifs is 1. The Bertz CT molecular complexity index is 624. The van der Waals surface area contributed by atoms with Gasteiger partial charge in [0.25, 0.3) is 0 Å². The SMILES string of the molecule is CCOC(=O)CNc1nccn2nc(C(F)(F)F)cc12. The van der Waals surface area contributed by atoms with E-state index in [-0.39, 0.29) is 24.5 Å². The Hall–Kier alpha value is -2.32. The minimum Gasteiger partial charge on any atom is -0.465 e. The Morgan fingerprint density at radius 3 is 2.90 bits per heavy atom. The number of nitrogens with zero attached hydrogens (tertiary/aromatic N) is 3. The molecule has 0 aliphatic carbocycles. The van der Waals surface area contributed by atoms with Crippen molar-refractivity contribution in [3.05, 3.63) is 24.2 Å². The van der Waals surface area contributed by atoms with Gasteiger partial charge in [-0.05, 0) is 6.92 Å². The summed E-state index contributed by atoms with van der Waals surface area (Å²) in [5, 5.41) is 6.03. The van der Waals surface area contributed by atoms with Crippen LogP contribution in [0.5, 0.6) is 0 Å². The van der Waals surface area contributed by atoms with Crippen LogP contribution in [0.25, 0.3) is 5.52 Å². The number of hydrogen-bond acceptors (Lipinski definition) is 5. The molecule has 0 fully saturated rings. The quantitative estimate of drug-likeness (QED) is 0.868. The van der Waals surface area contributed by atoms with Crippen molar-refractivity contribution in [1.29, 1.82) is 0 Å². The fourth-order valence-electron chi connectivity index (χ4n) is 1.56. The van der Waals surface area contributed by atoms with Gasteiger partial charge in [-0.25, -0.2) is 9.50 Å². The third-order valence-electron chi connectivity index (χ3n) is 2.39. The zero-order valence-corrected chi connectivity index (χ0v) is 10.4. The zero-order chi connectivity index (χ0) is 14.8. The van der Waals surface area contributed by atoms with Crippen LogP contribution in [-0.4, -0.2) is 33.7 Å². The summed E-state index contributed by atoms with van der Waals surface area (Å²) >= 11 is 0. The van der Waals surface area contributed by atoms with E-state index in [1.165, 1.54) is 12.4 Å². The highest BCUT2D eigenvalue weighted by atomic mass is 19.4. The van der Waals surface area contributed by atoms with Crippen LogP contribution in [-0.2, 0) is 15.7 Å². The number of anilines is 1. The molecule has 0 spiro atoms. The van der Waals surface area contributed by atoms with Gasteiger partial charge in [-0.2, -0.15) is 18.3 Å². The summed E-state index contributed by atoms with van der Waals surface area (Å²) in [5.74, 6) is -0.393. The molecule has 0 bridgehead atoms. The summed E-state index contributed by atoms with van der Waals surface area (Å²) in [4.78, 5) is 15.1. The first-order valence-corrected chi connectivity index (χ1v) is 5.73. The van der Waals surface area contributed by atoms with Crippen molar-refractivity contribution in [1.82, 2.24) is 14.6 Å². The van der Waals surface area contributed by atoms with Gasteiger partial charge in [-0.3, -0.25) is 4.79 Å². The topological polar surface area (TPSA) is 68.5 Å². The standard InChI is InChI=1S/C11H11F3N4O2/c1-2-20-9(19)6-16-10-7-5-8(11(12,13)14)17-18(7)4-3-15-10/h3-5H,2,6H2,1H3,(H,15,16). The predicted molar refractivity (Wildman–Crippen MR) is 63.1 cm³/mol. The normalized spacial score (nSPS) is 11.6. The molecule has 0 aliphatic heterocycles. The van der Waals surface area contributed by atoms with Crippen molar-refractivity contribution in [3.8, 4) is 0 Å². The molecule has 0 aromatic carbocycles. The van der Waals surface area contributed by atoms with Crippen molar-refractivity contribution < 1.29 is 22.7 Å². The molecule has 0 atom stereocenters. The number of alkyl halides is 3. The van der Waals surface area contributed by atoms with Crippen LogP contribution in [0.2, 0.25) is 0 Å². The molecule has 0 saturated carbocycles. The molecule has 1 N–H and O–H groups in total. The molecule has 2 rings (SSSR count). The van der Waals surface area contributed by atoms with Gasteiger partial charge >= 0.3 is 12.1 Å². The van der Waals surface area contributed by atoms with E-state index in [1.54, 1.807) is 6.92 Å². The van der Waals surface area contributed by atoms with E-state index in [1.807, 2.05) is 0 Å². The highest BCUT2D eigenvalue weighted by molar-refractivity contribution is 5.77. The smallest absolute Gasteiger partial charge is 0.435 e. The van der Waals surface area contributed by atoms with E-state index in [4.69, 9.17) is 4.74 Å². The number of aromatic nitrogens is 3. The van der Waals surface area contributed by atoms with Crippen LogP contribution in [0, 0.1) is 0 Å². The predicted octanol–water partition coefficient (Wildman–Crippen LogP) is 1.72. The lowest BCUT2D eigenvalue weighted by atomic mass is 10.3. The Kier molecular flexibility index (Phi) is 3.77. The molecule has 2 aromatic rings.